The fraction of sp³-hybridized carbons (Fsp3) is 0.174. The molecule has 3 aromatic rings. The van der Waals surface area contributed by atoms with E-state index in [1.807, 2.05) is 24.3 Å². The zero-order chi connectivity index (χ0) is 22.8. The molecular formula is C23H23N5O4. The van der Waals surface area contributed by atoms with Crippen LogP contribution in [0.25, 0.3) is 0 Å². The van der Waals surface area contributed by atoms with Crippen LogP contribution in [0.4, 0.5) is 11.5 Å². The van der Waals surface area contributed by atoms with E-state index in [4.69, 9.17) is 15.2 Å². The Kier molecular flexibility index (Phi) is 5.55. The average molecular weight is 433 g/mol. The lowest BCUT2D eigenvalue weighted by atomic mass is 9.94. The molecule has 2 amide bonds. The van der Waals surface area contributed by atoms with Crippen molar-refractivity contribution < 1.29 is 19.1 Å². The number of benzene rings is 2. The number of nitrogens with two attached hydrogens (primary N) is 1. The van der Waals surface area contributed by atoms with Gasteiger partial charge < -0.3 is 25.8 Å². The minimum atomic E-state index is -0.636. The number of hydrogen-bond donors (Lipinski definition) is 3. The Morgan fingerprint density at radius 1 is 1.09 bits per heavy atom. The first-order valence-electron chi connectivity index (χ1n) is 9.88. The molecule has 0 saturated heterocycles. The van der Waals surface area contributed by atoms with E-state index in [0.29, 0.717) is 34.3 Å². The molecule has 0 radical (unpaired) electrons. The van der Waals surface area contributed by atoms with Crippen molar-refractivity contribution >= 4 is 23.3 Å². The second kappa shape index (κ2) is 8.46. The molecule has 0 saturated carbocycles. The molecule has 164 valence electrons. The van der Waals surface area contributed by atoms with Crippen molar-refractivity contribution in [2.75, 3.05) is 24.9 Å². The van der Waals surface area contributed by atoms with E-state index in [2.05, 4.69) is 15.7 Å². The van der Waals surface area contributed by atoms with Gasteiger partial charge in [-0.05, 0) is 36.8 Å². The van der Waals surface area contributed by atoms with Crippen molar-refractivity contribution in [1.82, 2.24) is 9.78 Å². The number of allylic oxidation sites excluding steroid dienone is 1. The van der Waals surface area contributed by atoms with Crippen LogP contribution in [0.15, 0.2) is 66.0 Å². The van der Waals surface area contributed by atoms with Gasteiger partial charge >= 0.3 is 0 Å². The highest BCUT2D eigenvalue weighted by atomic mass is 16.5. The predicted octanol–water partition coefficient (Wildman–Crippen LogP) is 2.93. The van der Waals surface area contributed by atoms with Gasteiger partial charge in [-0.25, -0.2) is 4.68 Å². The molecule has 9 nitrogen and oxygen atoms in total. The highest BCUT2D eigenvalue weighted by Gasteiger charge is 2.35. The predicted molar refractivity (Wildman–Crippen MR) is 120 cm³/mol. The number of primary amides is 1. The molecule has 0 fully saturated rings. The van der Waals surface area contributed by atoms with E-state index in [-0.39, 0.29) is 11.5 Å². The Bertz CT molecular complexity index is 1220. The number of nitrogens with zero attached hydrogens (tertiary/aromatic N) is 2. The van der Waals surface area contributed by atoms with Crippen molar-refractivity contribution in [2.24, 2.45) is 5.73 Å². The first-order chi connectivity index (χ1) is 15.4. The number of anilines is 2. The third-order valence-corrected chi connectivity index (χ3v) is 5.29. The lowest BCUT2D eigenvalue weighted by molar-refractivity contribution is -0.113. The first kappa shape index (κ1) is 21.0. The molecule has 0 spiro atoms. The molecule has 1 aromatic heterocycles. The van der Waals surface area contributed by atoms with Gasteiger partial charge in [0.2, 0.25) is 0 Å². The van der Waals surface area contributed by atoms with Crippen molar-refractivity contribution in [2.45, 2.75) is 13.0 Å². The molecular weight excluding hydrogens is 410 g/mol. The van der Waals surface area contributed by atoms with E-state index >= 15 is 0 Å². The lowest BCUT2D eigenvalue weighted by Gasteiger charge is -2.30. The van der Waals surface area contributed by atoms with Crippen LogP contribution in [0.5, 0.6) is 11.5 Å². The normalized spacial score (nSPS) is 14.9. The third kappa shape index (κ3) is 3.64. The van der Waals surface area contributed by atoms with Crippen molar-refractivity contribution in [1.29, 1.82) is 0 Å². The third-order valence-electron chi connectivity index (χ3n) is 5.29. The fourth-order valence-electron chi connectivity index (χ4n) is 3.78. The molecule has 0 bridgehead atoms. The summed E-state index contributed by atoms with van der Waals surface area (Å²) in [5, 5.41) is 10.4. The van der Waals surface area contributed by atoms with Crippen LogP contribution >= 0.6 is 0 Å². The highest BCUT2D eigenvalue weighted by Crippen LogP contribution is 2.40. The number of para-hydroxylation sites is 1. The second-order valence-electron chi connectivity index (χ2n) is 7.22. The van der Waals surface area contributed by atoms with E-state index in [1.54, 1.807) is 50.1 Å². The van der Waals surface area contributed by atoms with Crippen LogP contribution in [-0.2, 0) is 4.79 Å². The van der Waals surface area contributed by atoms with Crippen LogP contribution in [-0.4, -0.2) is 35.8 Å². The molecule has 0 unspecified atom stereocenters. The fourth-order valence-corrected chi connectivity index (χ4v) is 3.78. The summed E-state index contributed by atoms with van der Waals surface area (Å²) in [5.74, 6) is 0.566. The molecule has 9 heteroatoms. The Hall–Kier alpha value is -4.27. The molecule has 2 aromatic carbocycles. The summed E-state index contributed by atoms with van der Waals surface area (Å²) in [6.07, 6.45) is 1.39. The monoisotopic (exact) mass is 433 g/mol. The maximum absolute atomic E-state index is 13.4. The van der Waals surface area contributed by atoms with Gasteiger partial charge in [-0.15, -0.1) is 0 Å². The largest absolute Gasteiger partial charge is 0.493 e. The Balaban J connectivity index is 1.85. The van der Waals surface area contributed by atoms with Crippen LogP contribution in [0.3, 0.4) is 0 Å². The van der Waals surface area contributed by atoms with Gasteiger partial charge in [0.25, 0.3) is 11.8 Å². The van der Waals surface area contributed by atoms with E-state index in [9.17, 15) is 9.59 Å². The standard InChI is InChI=1S/C23H23N5O4/c1-13-19(23(30)27-15-7-5-4-6-8-15)20(14-9-10-17(31-2)18(11-14)32-3)28-22(26-13)16(12-25-28)21(24)29/h4-12,20,26H,1-3H3,(H2,24,29)(H,27,30)/t20-/m0/s1. The number of aromatic nitrogens is 2. The quantitative estimate of drug-likeness (QED) is 0.550. The van der Waals surface area contributed by atoms with Crippen LogP contribution in [0.1, 0.15) is 28.9 Å². The minimum absolute atomic E-state index is 0.234. The zero-order valence-electron chi connectivity index (χ0n) is 17.9. The molecule has 0 aliphatic carbocycles. The van der Waals surface area contributed by atoms with E-state index in [0.717, 1.165) is 5.56 Å². The number of rotatable bonds is 6. The van der Waals surface area contributed by atoms with Crippen LogP contribution in [0, 0.1) is 0 Å². The Labute approximate surface area is 184 Å². The number of carbonyl (C=O) groups is 2. The summed E-state index contributed by atoms with van der Waals surface area (Å²) in [6.45, 7) is 1.77. The van der Waals surface area contributed by atoms with Gasteiger partial charge in [-0.2, -0.15) is 5.10 Å². The smallest absolute Gasteiger partial charge is 0.255 e. The second-order valence-corrected chi connectivity index (χ2v) is 7.22. The number of methoxy groups -OCH3 is 2. The lowest BCUT2D eigenvalue weighted by Crippen LogP contribution is -2.32. The van der Waals surface area contributed by atoms with Gasteiger partial charge in [-0.3, -0.25) is 9.59 Å². The molecule has 1 atom stereocenters. The van der Waals surface area contributed by atoms with Crippen molar-refractivity contribution in [3.63, 3.8) is 0 Å². The zero-order valence-corrected chi connectivity index (χ0v) is 17.9. The van der Waals surface area contributed by atoms with Gasteiger partial charge in [0, 0.05) is 11.4 Å². The van der Waals surface area contributed by atoms with Gasteiger partial charge in [0.1, 0.15) is 17.4 Å². The molecule has 32 heavy (non-hydrogen) atoms. The minimum Gasteiger partial charge on any atom is -0.493 e. The highest BCUT2D eigenvalue weighted by molar-refractivity contribution is 6.06. The first-order valence-corrected chi connectivity index (χ1v) is 9.88. The van der Waals surface area contributed by atoms with Crippen LogP contribution < -0.4 is 25.8 Å². The van der Waals surface area contributed by atoms with Gasteiger partial charge in [0.05, 0.1) is 26.0 Å². The maximum atomic E-state index is 13.4. The molecule has 1 aliphatic rings. The molecule has 4 N–H and O–H groups in total. The SMILES string of the molecule is COc1ccc([C@H]2C(C(=O)Nc3ccccc3)=C(C)Nc3c(C(N)=O)cnn32)cc1OC. The molecule has 2 heterocycles. The van der Waals surface area contributed by atoms with Gasteiger partial charge in [-0.1, -0.05) is 24.3 Å². The number of ether oxygens (including phenoxy) is 2. The molecule has 4 rings (SSSR count). The average Bonchev–Trinajstić information content (AvgIpc) is 3.22. The molecule has 1 aliphatic heterocycles. The summed E-state index contributed by atoms with van der Waals surface area (Å²) in [4.78, 5) is 25.3. The number of amides is 2. The number of hydrogen-bond acceptors (Lipinski definition) is 6. The Morgan fingerprint density at radius 3 is 2.47 bits per heavy atom. The van der Waals surface area contributed by atoms with E-state index < -0.39 is 11.9 Å². The topological polar surface area (TPSA) is 120 Å². The number of nitrogens with one attached hydrogen (secondary N) is 2. The van der Waals surface area contributed by atoms with Gasteiger partial charge in [0.15, 0.2) is 11.5 Å². The number of carbonyl (C=O) groups excluding carboxylic acids is 2. The van der Waals surface area contributed by atoms with Crippen LogP contribution in [0.2, 0.25) is 0 Å². The van der Waals surface area contributed by atoms with Crippen molar-refractivity contribution in [3.8, 4) is 11.5 Å². The van der Waals surface area contributed by atoms with E-state index in [1.165, 1.54) is 6.20 Å². The summed E-state index contributed by atoms with van der Waals surface area (Å²) >= 11 is 0. The summed E-state index contributed by atoms with van der Waals surface area (Å²) in [5.41, 5.74) is 8.16. The maximum Gasteiger partial charge on any atom is 0.255 e. The number of fused-ring (bicyclic) bond motifs is 1. The summed E-state index contributed by atoms with van der Waals surface area (Å²) in [6, 6.07) is 13.9. The summed E-state index contributed by atoms with van der Waals surface area (Å²) in [7, 11) is 3.09. The summed E-state index contributed by atoms with van der Waals surface area (Å²) < 4.78 is 12.4. The Morgan fingerprint density at radius 2 is 1.81 bits per heavy atom. The van der Waals surface area contributed by atoms with Crippen molar-refractivity contribution in [3.05, 3.63) is 77.1 Å².